The van der Waals surface area contributed by atoms with Gasteiger partial charge in [0.2, 0.25) is 5.78 Å². The van der Waals surface area contributed by atoms with E-state index in [-0.39, 0.29) is 19.5 Å². The highest BCUT2D eigenvalue weighted by atomic mass is 79.9. The first-order chi connectivity index (χ1) is 10.1. The van der Waals surface area contributed by atoms with Crippen LogP contribution in [-0.2, 0) is 4.74 Å². The molecule has 0 aliphatic carbocycles. The summed E-state index contributed by atoms with van der Waals surface area (Å²) in [6.45, 7) is 5.15. The number of amides is 1. The highest BCUT2D eigenvalue weighted by Crippen LogP contribution is 2.31. The Morgan fingerprint density at radius 1 is 1.27 bits per heavy atom. The summed E-state index contributed by atoms with van der Waals surface area (Å²) in [5.41, 5.74) is -2.39. The lowest BCUT2D eigenvalue weighted by Gasteiger charge is -2.25. The minimum absolute atomic E-state index is 0.0128. The molecule has 1 saturated heterocycles. The summed E-state index contributed by atoms with van der Waals surface area (Å²) in [5.74, 6) is -0.592. The van der Waals surface area contributed by atoms with Crippen LogP contribution in [0.25, 0.3) is 0 Å². The summed E-state index contributed by atoms with van der Waals surface area (Å²) in [4.78, 5) is 25.6. The Kier molecular flexibility index (Phi) is 4.61. The van der Waals surface area contributed by atoms with Crippen LogP contribution in [-0.4, -0.2) is 41.1 Å². The second-order valence-corrected chi connectivity index (χ2v) is 7.37. The van der Waals surface area contributed by atoms with Gasteiger partial charge < -0.3 is 9.64 Å². The van der Waals surface area contributed by atoms with Crippen LogP contribution >= 0.6 is 15.9 Å². The Morgan fingerprint density at radius 2 is 1.86 bits per heavy atom. The van der Waals surface area contributed by atoms with Crippen molar-refractivity contribution in [3.05, 3.63) is 34.3 Å². The average Bonchev–Trinajstić information content (AvgIpc) is 2.81. The first-order valence-corrected chi connectivity index (χ1v) is 7.87. The lowest BCUT2D eigenvalue weighted by molar-refractivity contribution is 0.0260. The largest absolute Gasteiger partial charge is 0.444 e. The van der Waals surface area contributed by atoms with Gasteiger partial charge in [0.25, 0.3) is 0 Å². The second-order valence-electron chi connectivity index (χ2n) is 6.45. The molecule has 1 amide bonds. The van der Waals surface area contributed by atoms with Gasteiger partial charge >= 0.3 is 6.09 Å². The van der Waals surface area contributed by atoms with Crippen molar-refractivity contribution in [1.82, 2.24) is 4.90 Å². The highest BCUT2D eigenvalue weighted by molar-refractivity contribution is 9.10. The van der Waals surface area contributed by atoms with Crippen LogP contribution in [0.4, 0.5) is 9.18 Å². The molecule has 1 heterocycles. The zero-order valence-electron chi connectivity index (χ0n) is 12.9. The van der Waals surface area contributed by atoms with E-state index in [0.717, 1.165) is 4.47 Å². The van der Waals surface area contributed by atoms with Gasteiger partial charge in [-0.1, -0.05) is 28.1 Å². The van der Waals surface area contributed by atoms with Crippen molar-refractivity contribution in [3.8, 4) is 0 Å². The molecule has 0 aromatic heterocycles. The monoisotopic (exact) mass is 371 g/mol. The molecule has 1 atom stereocenters. The molecule has 4 nitrogen and oxygen atoms in total. The second kappa shape index (κ2) is 5.99. The number of ether oxygens (including phenoxy) is 1. The van der Waals surface area contributed by atoms with E-state index in [9.17, 15) is 14.0 Å². The molecule has 1 aromatic carbocycles. The van der Waals surface area contributed by atoms with Crippen molar-refractivity contribution in [2.45, 2.75) is 38.5 Å². The number of carbonyl (C=O) groups is 2. The fraction of sp³-hybridized carbons (Fsp3) is 0.500. The Labute approximate surface area is 137 Å². The van der Waals surface area contributed by atoms with Crippen LogP contribution in [0.5, 0.6) is 0 Å². The SMILES string of the molecule is CC(C)(C)OC(=O)N1CCC(F)(C(=O)c2ccc(Br)cc2)C1. The van der Waals surface area contributed by atoms with Gasteiger partial charge in [-0.2, -0.15) is 0 Å². The summed E-state index contributed by atoms with van der Waals surface area (Å²) < 4.78 is 21.0. The minimum atomic E-state index is -2.05. The molecule has 1 aliphatic heterocycles. The minimum Gasteiger partial charge on any atom is -0.444 e. The molecule has 1 fully saturated rings. The van der Waals surface area contributed by atoms with Crippen LogP contribution in [0.2, 0.25) is 0 Å². The van der Waals surface area contributed by atoms with Gasteiger partial charge in [-0.3, -0.25) is 4.79 Å². The first-order valence-electron chi connectivity index (χ1n) is 7.08. The molecular weight excluding hydrogens is 353 g/mol. The van der Waals surface area contributed by atoms with E-state index in [1.165, 1.54) is 4.90 Å². The van der Waals surface area contributed by atoms with Crippen LogP contribution < -0.4 is 0 Å². The third-order valence-electron chi connectivity index (χ3n) is 3.38. The molecule has 0 radical (unpaired) electrons. The van der Waals surface area contributed by atoms with Gasteiger partial charge in [0.05, 0.1) is 6.54 Å². The Balaban J connectivity index is 2.08. The third-order valence-corrected chi connectivity index (χ3v) is 3.91. The molecule has 120 valence electrons. The Morgan fingerprint density at radius 3 is 2.41 bits per heavy atom. The number of rotatable bonds is 2. The number of benzene rings is 1. The van der Waals surface area contributed by atoms with Crippen LogP contribution in [0.15, 0.2) is 28.7 Å². The standard InChI is InChI=1S/C16H19BrFNO3/c1-15(2,3)22-14(21)19-9-8-16(18,10-19)13(20)11-4-6-12(17)7-5-11/h4-7H,8-10H2,1-3H3. The van der Waals surface area contributed by atoms with Crippen molar-refractivity contribution < 1.29 is 18.7 Å². The number of hydrogen-bond donors (Lipinski definition) is 0. The molecule has 0 spiro atoms. The predicted molar refractivity (Wildman–Crippen MR) is 84.7 cm³/mol. The number of halogens is 2. The molecule has 1 aromatic rings. The van der Waals surface area contributed by atoms with E-state index in [1.807, 2.05) is 0 Å². The highest BCUT2D eigenvalue weighted by Gasteiger charge is 2.47. The fourth-order valence-corrected chi connectivity index (χ4v) is 2.56. The molecule has 0 saturated carbocycles. The maximum absolute atomic E-state index is 14.9. The smallest absolute Gasteiger partial charge is 0.410 e. The van der Waals surface area contributed by atoms with E-state index in [4.69, 9.17) is 4.74 Å². The van der Waals surface area contributed by atoms with Gasteiger partial charge in [-0.15, -0.1) is 0 Å². The van der Waals surface area contributed by atoms with Gasteiger partial charge in [-0.05, 0) is 32.9 Å². The summed E-state index contributed by atoms with van der Waals surface area (Å²) in [5, 5.41) is 0. The molecule has 0 bridgehead atoms. The van der Waals surface area contributed by atoms with E-state index in [1.54, 1.807) is 45.0 Å². The fourth-order valence-electron chi connectivity index (χ4n) is 2.30. The van der Waals surface area contributed by atoms with E-state index < -0.39 is 23.1 Å². The van der Waals surface area contributed by atoms with Crippen LogP contribution in [0.1, 0.15) is 37.6 Å². The molecule has 1 aliphatic rings. The van der Waals surface area contributed by atoms with E-state index in [0.29, 0.717) is 5.56 Å². The molecule has 1 unspecified atom stereocenters. The summed E-state index contributed by atoms with van der Waals surface area (Å²) in [6.07, 6.45) is -0.600. The zero-order chi connectivity index (χ0) is 16.5. The van der Waals surface area contributed by atoms with Gasteiger partial charge in [-0.25, -0.2) is 9.18 Å². The summed E-state index contributed by atoms with van der Waals surface area (Å²) in [7, 11) is 0. The topological polar surface area (TPSA) is 46.6 Å². The van der Waals surface area contributed by atoms with Crippen molar-refractivity contribution in [3.63, 3.8) is 0 Å². The van der Waals surface area contributed by atoms with Crippen molar-refractivity contribution in [2.75, 3.05) is 13.1 Å². The summed E-state index contributed by atoms with van der Waals surface area (Å²) >= 11 is 3.27. The van der Waals surface area contributed by atoms with Crippen LogP contribution in [0, 0.1) is 0 Å². The number of hydrogen-bond acceptors (Lipinski definition) is 3. The predicted octanol–water partition coefficient (Wildman–Crippen LogP) is 3.98. The van der Waals surface area contributed by atoms with Crippen molar-refractivity contribution >= 4 is 27.8 Å². The number of Topliss-reactive ketones (excluding diaryl/α,β-unsaturated/α-hetero) is 1. The number of likely N-dealkylation sites (tertiary alicyclic amines) is 1. The number of carbonyl (C=O) groups excluding carboxylic acids is 2. The Hall–Kier alpha value is -1.43. The molecule has 6 heteroatoms. The van der Waals surface area contributed by atoms with Gasteiger partial charge in [0.1, 0.15) is 5.60 Å². The number of alkyl halides is 1. The molecule has 22 heavy (non-hydrogen) atoms. The van der Waals surface area contributed by atoms with Crippen molar-refractivity contribution in [2.24, 2.45) is 0 Å². The van der Waals surface area contributed by atoms with Gasteiger partial charge in [0.15, 0.2) is 5.67 Å². The molecular formula is C16H19BrFNO3. The number of nitrogens with zero attached hydrogens (tertiary/aromatic N) is 1. The van der Waals surface area contributed by atoms with Crippen LogP contribution in [0.3, 0.4) is 0 Å². The maximum atomic E-state index is 14.9. The number of ketones is 1. The lowest BCUT2D eigenvalue weighted by atomic mass is 9.94. The van der Waals surface area contributed by atoms with E-state index in [2.05, 4.69) is 15.9 Å². The normalized spacial score (nSPS) is 21.8. The van der Waals surface area contributed by atoms with E-state index >= 15 is 0 Å². The first kappa shape index (κ1) is 16.9. The third kappa shape index (κ3) is 3.85. The lowest BCUT2D eigenvalue weighted by Crippen LogP contribution is -2.41. The zero-order valence-corrected chi connectivity index (χ0v) is 14.4. The Bertz CT molecular complexity index is 582. The van der Waals surface area contributed by atoms with Gasteiger partial charge in [0, 0.05) is 23.0 Å². The molecule has 0 N–H and O–H groups in total. The molecule has 2 rings (SSSR count). The quantitative estimate of drug-likeness (QED) is 0.738. The summed E-state index contributed by atoms with van der Waals surface area (Å²) in [6, 6.07) is 6.53. The maximum Gasteiger partial charge on any atom is 0.410 e. The van der Waals surface area contributed by atoms with Crippen molar-refractivity contribution in [1.29, 1.82) is 0 Å². The average molecular weight is 372 g/mol.